The fraction of sp³-hybridized carbons (Fsp3) is 0.429. The summed E-state index contributed by atoms with van der Waals surface area (Å²) in [4.78, 5) is 1.09. The first-order chi connectivity index (χ1) is 5.65. The molecule has 13 heavy (non-hydrogen) atoms. The molecule has 0 aliphatic carbocycles. The highest BCUT2D eigenvalue weighted by Crippen LogP contribution is 2.35. The smallest absolute Gasteiger partial charge is 0.0843 e. The third-order valence-electron chi connectivity index (χ3n) is 1.47. The van der Waals surface area contributed by atoms with Crippen LogP contribution in [0.5, 0.6) is 0 Å². The van der Waals surface area contributed by atoms with Crippen LogP contribution >= 0.6 is 55.6 Å². The van der Waals surface area contributed by atoms with Crippen molar-refractivity contribution in [3.8, 4) is 0 Å². The zero-order chi connectivity index (χ0) is 9.14. The molecule has 1 rings (SSSR count). The standard InChI is InChI=1S/C7H9Br2NOS.ClH/c8-4-3-6(12-7(4)9)5(10)1-2-11;/h3,5,11H,1-2,10H2;1H/t5-;/m1./s1. The van der Waals surface area contributed by atoms with Gasteiger partial charge in [0, 0.05) is 22.0 Å². The van der Waals surface area contributed by atoms with E-state index in [2.05, 4.69) is 31.9 Å². The molecular weight excluding hydrogens is 341 g/mol. The van der Waals surface area contributed by atoms with Crippen molar-refractivity contribution >= 4 is 55.6 Å². The fourth-order valence-corrected chi connectivity index (χ4v) is 2.95. The Kier molecular flexibility index (Phi) is 6.80. The summed E-state index contributed by atoms with van der Waals surface area (Å²) in [6.07, 6.45) is 0.611. The molecule has 0 aliphatic heterocycles. The molecule has 0 spiro atoms. The lowest BCUT2D eigenvalue weighted by Crippen LogP contribution is -2.09. The molecule has 0 unspecified atom stereocenters. The molecule has 0 saturated heterocycles. The van der Waals surface area contributed by atoms with Crippen molar-refractivity contribution in [1.29, 1.82) is 0 Å². The number of hydrogen-bond donors (Lipinski definition) is 2. The summed E-state index contributed by atoms with van der Waals surface area (Å²) in [6, 6.07) is 1.93. The predicted octanol–water partition coefficient (Wildman–Crippen LogP) is 3.08. The second kappa shape index (κ2) is 6.37. The number of aliphatic hydroxyl groups excluding tert-OH is 1. The van der Waals surface area contributed by atoms with Gasteiger partial charge in [-0.05, 0) is 44.3 Å². The summed E-state index contributed by atoms with van der Waals surface area (Å²) >= 11 is 8.37. The van der Waals surface area contributed by atoms with Crippen LogP contribution < -0.4 is 5.73 Å². The molecule has 2 nitrogen and oxygen atoms in total. The number of hydrogen-bond acceptors (Lipinski definition) is 3. The van der Waals surface area contributed by atoms with Gasteiger partial charge in [-0.15, -0.1) is 23.7 Å². The quantitative estimate of drug-likeness (QED) is 0.879. The topological polar surface area (TPSA) is 46.2 Å². The molecule has 0 saturated carbocycles. The van der Waals surface area contributed by atoms with Gasteiger partial charge in [-0.3, -0.25) is 0 Å². The Hall–Kier alpha value is 0.870. The van der Waals surface area contributed by atoms with E-state index in [9.17, 15) is 0 Å². The molecule has 0 aliphatic rings. The first kappa shape index (κ1) is 13.9. The van der Waals surface area contributed by atoms with Gasteiger partial charge in [-0.2, -0.15) is 0 Å². The van der Waals surface area contributed by atoms with Gasteiger partial charge in [0.15, 0.2) is 0 Å². The Morgan fingerprint density at radius 1 is 1.54 bits per heavy atom. The maximum absolute atomic E-state index is 8.68. The van der Waals surface area contributed by atoms with Gasteiger partial charge >= 0.3 is 0 Å². The van der Waals surface area contributed by atoms with Crippen LogP contribution in [0, 0.1) is 0 Å². The van der Waals surface area contributed by atoms with Crippen molar-refractivity contribution in [2.45, 2.75) is 12.5 Å². The summed E-state index contributed by atoms with van der Waals surface area (Å²) in [5.74, 6) is 0. The van der Waals surface area contributed by atoms with Crippen LogP contribution in [0.25, 0.3) is 0 Å². The Bertz CT molecular complexity index is 249. The Morgan fingerprint density at radius 3 is 2.54 bits per heavy atom. The molecule has 0 amide bonds. The predicted molar refractivity (Wildman–Crippen MR) is 65.6 cm³/mol. The minimum atomic E-state index is -0.0531. The average Bonchev–Trinajstić information content (AvgIpc) is 2.33. The summed E-state index contributed by atoms with van der Waals surface area (Å²) < 4.78 is 2.07. The normalized spacial score (nSPS) is 12.3. The molecule has 0 fully saturated rings. The summed E-state index contributed by atoms with van der Waals surface area (Å²) in [7, 11) is 0. The zero-order valence-corrected chi connectivity index (χ0v) is 11.5. The third-order valence-corrected chi connectivity index (χ3v) is 4.86. The van der Waals surface area contributed by atoms with Crippen LogP contribution in [0.15, 0.2) is 14.3 Å². The number of aliphatic hydroxyl groups is 1. The van der Waals surface area contributed by atoms with Gasteiger partial charge < -0.3 is 10.8 Å². The highest BCUT2D eigenvalue weighted by Gasteiger charge is 2.10. The van der Waals surface area contributed by atoms with E-state index in [1.165, 1.54) is 0 Å². The molecule has 1 aromatic rings. The lowest BCUT2D eigenvalue weighted by atomic mass is 10.2. The molecule has 76 valence electrons. The van der Waals surface area contributed by atoms with Crippen molar-refractivity contribution in [2.75, 3.05) is 6.61 Å². The van der Waals surface area contributed by atoms with Crippen molar-refractivity contribution in [2.24, 2.45) is 5.73 Å². The summed E-state index contributed by atoms with van der Waals surface area (Å²) in [6.45, 7) is 0.133. The van der Waals surface area contributed by atoms with Crippen LogP contribution in [0.3, 0.4) is 0 Å². The van der Waals surface area contributed by atoms with Crippen molar-refractivity contribution in [3.05, 3.63) is 19.2 Å². The van der Waals surface area contributed by atoms with E-state index in [-0.39, 0.29) is 25.1 Å². The van der Waals surface area contributed by atoms with E-state index in [1.54, 1.807) is 11.3 Å². The average molecular weight is 351 g/mol. The summed E-state index contributed by atoms with van der Waals surface area (Å²) in [5.41, 5.74) is 5.80. The van der Waals surface area contributed by atoms with Crippen molar-refractivity contribution in [3.63, 3.8) is 0 Å². The van der Waals surface area contributed by atoms with Gasteiger partial charge in [-0.1, -0.05) is 0 Å². The van der Waals surface area contributed by atoms with Crippen LogP contribution in [0.2, 0.25) is 0 Å². The molecule has 6 heteroatoms. The van der Waals surface area contributed by atoms with Crippen LogP contribution in [0.4, 0.5) is 0 Å². The lowest BCUT2D eigenvalue weighted by Gasteiger charge is -2.05. The Balaban J connectivity index is 0.00000144. The van der Waals surface area contributed by atoms with E-state index in [0.29, 0.717) is 6.42 Å². The molecule has 0 radical (unpaired) electrons. The maximum Gasteiger partial charge on any atom is 0.0843 e. The zero-order valence-electron chi connectivity index (χ0n) is 6.67. The molecule has 0 bridgehead atoms. The number of halogens is 3. The molecule has 3 N–H and O–H groups in total. The maximum atomic E-state index is 8.68. The van der Waals surface area contributed by atoms with E-state index in [4.69, 9.17) is 10.8 Å². The lowest BCUT2D eigenvalue weighted by molar-refractivity contribution is 0.277. The van der Waals surface area contributed by atoms with E-state index in [1.807, 2.05) is 6.07 Å². The van der Waals surface area contributed by atoms with Crippen molar-refractivity contribution < 1.29 is 5.11 Å². The van der Waals surface area contributed by atoms with Crippen molar-refractivity contribution in [1.82, 2.24) is 0 Å². The molecule has 1 heterocycles. The van der Waals surface area contributed by atoms with Gasteiger partial charge in [0.2, 0.25) is 0 Å². The molecule has 1 atom stereocenters. The van der Waals surface area contributed by atoms with E-state index >= 15 is 0 Å². The van der Waals surface area contributed by atoms with Gasteiger partial charge in [0.25, 0.3) is 0 Å². The monoisotopic (exact) mass is 349 g/mol. The minimum absolute atomic E-state index is 0. The number of thiophene rings is 1. The minimum Gasteiger partial charge on any atom is -0.396 e. The number of rotatable bonds is 3. The van der Waals surface area contributed by atoms with Gasteiger partial charge in [-0.25, -0.2) is 0 Å². The molecule has 1 aromatic heterocycles. The SMILES string of the molecule is Cl.N[C@H](CCO)c1cc(Br)c(Br)s1. The second-order valence-corrected chi connectivity index (χ2v) is 5.65. The van der Waals surface area contributed by atoms with Crippen LogP contribution in [-0.2, 0) is 0 Å². The van der Waals surface area contributed by atoms with E-state index < -0.39 is 0 Å². The second-order valence-electron chi connectivity index (χ2n) is 2.39. The van der Waals surface area contributed by atoms with Gasteiger partial charge in [0.05, 0.1) is 3.79 Å². The van der Waals surface area contributed by atoms with E-state index in [0.717, 1.165) is 13.1 Å². The Morgan fingerprint density at radius 2 is 2.15 bits per heavy atom. The first-order valence-corrected chi connectivity index (χ1v) is 5.86. The number of nitrogens with two attached hydrogens (primary N) is 1. The molecular formula is C7H10Br2ClNOS. The summed E-state index contributed by atoms with van der Waals surface area (Å²) in [5, 5.41) is 8.68. The third kappa shape index (κ3) is 3.85. The Labute approximate surface area is 104 Å². The van der Waals surface area contributed by atoms with Crippen LogP contribution in [-0.4, -0.2) is 11.7 Å². The highest BCUT2D eigenvalue weighted by molar-refractivity contribution is 9.13. The largest absolute Gasteiger partial charge is 0.396 e. The highest BCUT2D eigenvalue weighted by atomic mass is 79.9. The first-order valence-electron chi connectivity index (χ1n) is 3.46. The fourth-order valence-electron chi connectivity index (χ4n) is 0.827. The van der Waals surface area contributed by atoms with Gasteiger partial charge in [0.1, 0.15) is 0 Å². The van der Waals surface area contributed by atoms with Crippen LogP contribution in [0.1, 0.15) is 17.3 Å². The molecule has 0 aromatic carbocycles.